The molecule has 1 fully saturated rings. The Hall–Kier alpha value is -3.42. The second kappa shape index (κ2) is 11.3. The summed E-state index contributed by atoms with van der Waals surface area (Å²) >= 11 is 6.02. The summed E-state index contributed by atoms with van der Waals surface area (Å²) < 4.78 is 19.7. The highest BCUT2D eigenvalue weighted by atomic mass is 35.5. The lowest BCUT2D eigenvalue weighted by Crippen LogP contribution is -2.52. The Labute approximate surface area is 209 Å². The Kier molecular flexibility index (Phi) is 8.00. The smallest absolute Gasteiger partial charge is 0.250 e. The van der Waals surface area contributed by atoms with Gasteiger partial charge in [0.15, 0.2) is 0 Å². The fraction of sp³-hybridized carbons (Fsp3) is 0.259. The van der Waals surface area contributed by atoms with Gasteiger partial charge in [0.1, 0.15) is 29.2 Å². The Bertz CT molecular complexity index is 1170. The first-order chi connectivity index (χ1) is 17.0. The number of benzene rings is 3. The van der Waals surface area contributed by atoms with E-state index in [1.165, 1.54) is 29.2 Å². The number of alkyl halides is 1. The van der Waals surface area contributed by atoms with Crippen LogP contribution in [0.4, 0.5) is 10.1 Å². The van der Waals surface area contributed by atoms with Crippen molar-refractivity contribution in [3.8, 4) is 11.5 Å². The molecule has 8 heteroatoms. The van der Waals surface area contributed by atoms with E-state index < -0.39 is 17.8 Å². The fourth-order valence-electron chi connectivity index (χ4n) is 4.17. The topological polar surface area (TPSA) is 61.9 Å². The minimum absolute atomic E-state index is 0.236. The van der Waals surface area contributed by atoms with E-state index >= 15 is 0 Å². The van der Waals surface area contributed by atoms with E-state index in [9.17, 15) is 14.0 Å². The van der Waals surface area contributed by atoms with E-state index in [2.05, 4.69) is 5.32 Å². The van der Waals surface area contributed by atoms with E-state index in [0.717, 1.165) is 5.56 Å². The molecule has 1 heterocycles. The van der Waals surface area contributed by atoms with Crippen LogP contribution >= 0.6 is 11.6 Å². The molecule has 35 heavy (non-hydrogen) atoms. The van der Waals surface area contributed by atoms with Crippen LogP contribution in [0.5, 0.6) is 11.5 Å². The molecule has 1 saturated heterocycles. The quantitative estimate of drug-likeness (QED) is 0.484. The molecule has 182 valence electrons. The molecule has 2 amide bonds. The third kappa shape index (κ3) is 5.81. The van der Waals surface area contributed by atoms with Crippen LogP contribution in [0.15, 0.2) is 72.8 Å². The summed E-state index contributed by atoms with van der Waals surface area (Å²) in [5.74, 6) is -0.108. The van der Waals surface area contributed by atoms with Crippen LogP contribution < -0.4 is 15.0 Å². The third-order valence-corrected chi connectivity index (χ3v) is 6.12. The Morgan fingerprint density at radius 1 is 1.03 bits per heavy atom. The average Bonchev–Trinajstić information content (AvgIpc) is 2.89. The number of anilines is 1. The van der Waals surface area contributed by atoms with Gasteiger partial charge in [-0.15, -0.1) is 11.6 Å². The van der Waals surface area contributed by atoms with Gasteiger partial charge in [-0.2, -0.15) is 0 Å². The first-order valence-corrected chi connectivity index (χ1v) is 12.0. The van der Waals surface area contributed by atoms with Crippen molar-refractivity contribution in [3.63, 3.8) is 0 Å². The summed E-state index contributed by atoms with van der Waals surface area (Å²) in [5.41, 5.74) is 1.78. The molecular formula is C27H27ClFN3O3. The van der Waals surface area contributed by atoms with E-state index in [1.807, 2.05) is 43.3 Å². The van der Waals surface area contributed by atoms with E-state index in [4.69, 9.17) is 16.3 Å². The van der Waals surface area contributed by atoms with Gasteiger partial charge in [0, 0.05) is 31.9 Å². The number of halogens is 2. The fourth-order valence-corrected chi connectivity index (χ4v) is 4.30. The number of amides is 2. The average molecular weight is 496 g/mol. The summed E-state index contributed by atoms with van der Waals surface area (Å²) in [6, 6.07) is 19.4. The Morgan fingerprint density at radius 2 is 1.71 bits per heavy atom. The second-order valence-electron chi connectivity index (χ2n) is 8.29. The zero-order valence-corrected chi connectivity index (χ0v) is 20.2. The number of nitrogens with zero attached hydrogens (tertiary/aromatic N) is 2. The summed E-state index contributed by atoms with van der Waals surface area (Å²) in [6.07, 6.45) is 0. The Balaban J connectivity index is 1.74. The van der Waals surface area contributed by atoms with Gasteiger partial charge in [0.25, 0.3) is 0 Å². The van der Waals surface area contributed by atoms with Crippen LogP contribution in [-0.4, -0.2) is 48.8 Å². The van der Waals surface area contributed by atoms with E-state index in [0.29, 0.717) is 48.9 Å². The first kappa shape index (κ1) is 24.7. The lowest BCUT2D eigenvalue weighted by Gasteiger charge is -2.37. The number of carbonyl (C=O) groups excluding carboxylic acids is 2. The SMILES string of the molecule is Cc1cc(Oc2ccccc2)ccc1N(C(=O)CCl)C(C(=O)N1CCNCC1)c1ccc(F)cc1. The molecule has 1 atom stereocenters. The maximum absolute atomic E-state index is 13.8. The van der Waals surface area contributed by atoms with Gasteiger partial charge in [-0.3, -0.25) is 14.5 Å². The number of nitrogens with one attached hydrogen (secondary N) is 1. The van der Waals surface area contributed by atoms with Crippen molar-refractivity contribution < 1.29 is 18.7 Å². The molecule has 0 saturated carbocycles. The van der Waals surface area contributed by atoms with Gasteiger partial charge in [0.05, 0.1) is 0 Å². The zero-order chi connectivity index (χ0) is 24.8. The van der Waals surface area contributed by atoms with Crippen LogP contribution in [-0.2, 0) is 9.59 Å². The number of hydrogen-bond donors (Lipinski definition) is 1. The lowest BCUT2D eigenvalue weighted by molar-refractivity contribution is -0.135. The molecule has 1 N–H and O–H groups in total. The number of para-hydroxylation sites is 1. The highest BCUT2D eigenvalue weighted by molar-refractivity contribution is 6.30. The number of hydrogen-bond acceptors (Lipinski definition) is 4. The molecule has 3 aromatic rings. The van der Waals surface area contributed by atoms with Crippen LogP contribution in [0, 0.1) is 12.7 Å². The molecule has 1 unspecified atom stereocenters. The van der Waals surface area contributed by atoms with Crippen LogP contribution in [0.2, 0.25) is 0 Å². The van der Waals surface area contributed by atoms with Gasteiger partial charge < -0.3 is 15.0 Å². The van der Waals surface area contributed by atoms with E-state index in [1.54, 1.807) is 17.0 Å². The van der Waals surface area contributed by atoms with Gasteiger partial charge in [-0.1, -0.05) is 30.3 Å². The summed E-state index contributed by atoms with van der Waals surface area (Å²) in [7, 11) is 0. The van der Waals surface area contributed by atoms with Gasteiger partial charge in [-0.05, 0) is 60.5 Å². The Morgan fingerprint density at radius 3 is 2.34 bits per heavy atom. The van der Waals surface area contributed by atoms with Crippen molar-refractivity contribution in [2.24, 2.45) is 0 Å². The molecule has 3 aromatic carbocycles. The highest BCUT2D eigenvalue weighted by Gasteiger charge is 2.36. The molecule has 0 radical (unpaired) electrons. The molecule has 1 aliphatic heterocycles. The van der Waals surface area contributed by atoms with Crippen molar-refractivity contribution in [1.82, 2.24) is 10.2 Å². The summed E-state index contributed by atoms with van der Waals surface area (Å²) in [4.78, 5) is 30.1. The number of aryl methyl sites for hydroxylation is 1. The predicted octanol–water partition coefficient (Wildman–Crippen LogP) is 4.67. The normalized spacial score (nSPS) is 14.3. The zero-order valence-electron chi connectivity index (χ0n) is 19.4. The molecule has 1 aliphatic rings. The molecule has 0 bridgehead atoms. The minimum Gasteiger partial charge on any atom is -0.457 e. The first-order valence-electron chi connectivity index (χ1n) is 11.4. The maximum atomic E-state index is 13.8. The van der Waals surface area contributed by atoms with Gasteiger partial charge in [0.2, 0.25) is 11.8 Å². The van der Waals surface area contributed by atoms with Crippen molar-refractivity contribution in [2.45, 2.75) is 13.0 Å². The molecule has 4 rings (SSSR count). The van der Waals surface area contributed by atoms with Gasteiger partial charge >= 0.3 is 0 Å². The minimum atomic E-state index is -0.987. The monoisotopic (exact) mass is 495 g/mol. The standard InChI is InChI=1S/C27H27ClFN3O3/c1-19-17-23(35-22-5-3-2-4-6-22)11-12-24(19)32(25(33)18-28)26(20-7-9-21(29)10-8-20)27(34)31-15-13-30-14-16-31/h2-12,17,26,30H,13-16,18H2,1H3. The van der Waals surface area contributed by atoms with Crippen molar-refractivity contribution in [2.75, 3.05) is 37.0 Å². The van der Waals surface area contributed by atoms with E-state index in [-0.39, 0.29) is 11.8 Å². The van der Waals surface area contributed by atoms with Gasteiger partial charge in [-0.25, -0.2) is 4.39 Å². The molecule has 0 aromatic heterocycles. The largest absolute Gasteiger partial charge is 0.457 e. The summed E-state index contributed by atoms with van der Waals surface area (Å²) in [5, 5.41) is 3.23. The summed E-state index contributed by atoms with van der Waals surface area (Å²) in [6.45, 7) is 4.20. The van der Waals surface area contributed by atoms with Crippen molar-refractivity contribution in [3.05, 3.63) is 89.7 Å². The number of piperazine rings is 1. The van der Waals surface area contributed by atoms with Crippen molar-refractivity contribution in [1.29, 1.82) is 0 Å². The van der Waals surface area contributed by atoms with Crippen molar-refractivity contribution >= 4 is 29.1 Å². The number of rotatable bonds is 7. The number of ether oxygens (including phenoxy) is 1. The molecule has 0 aliphatic carbocycles. The lowest BCUT2D eigenvalue weighted by atomic mass is 10.0. The molecular weight excluding hydrogens is 469 g/mol. The van der Waals surface area contributed by atoms with Crippen LogP contribution in [0.25, 0.3) is 0 Å². The second-order valence-corrected chi connectivity index (χ2v) is 8.56. The third-order valence-electron chi connectivity index (χ3n) is 5.90. The number of carbonyl (C=O) groups is 2. The molecule has 6 nitrogen and oxygen atoms in total. The van der Waals surface area contributed by atoms with Crippen LogP contribution in [0.1, 0.15) is 17.2 Å². The van der Waals surface area contributed by atoms with Crippen LogP contribution in [0.3, 0.4) is 0 Å². The predicted molar refractivity (Wildman–Crippen MR) is 134 cm³/mol. The highest BCUT2D eigenvalue weighted by Crippen LogP contribution is 2.35. The maximum Gasteiger partial charge on any atom is 0.250 e. The molecule has 0 spiro atoms.